The van der Waals surface area contributed by atoms with Gasteiger partial charge in [-0.15, -0.1) is 0 Å². The number of rotatable bonds is 5. The molecule has 1 fully saturated rings. The number of hydrogen-bond donors (Lipinski definition) is 1. The molecular formula is C13H16O4S. The van der Waals surface area contributed by atoms with E-state index in [1.165, 1.54) is 0 Å². The van der Waals surface area contributed by atoms with Crippen molar-refractivity contribution in [3.63, 3.8) is 0 Å². The van der Waals surface area contributed by atoms with Crippen LogP contribution < -0.4 is 4.74 Å². The summed E-state index contributed by atoms with van der Waals surface area (Å²) < 4.78 is 10.5. The van der Waals surface area contributed by atoms with E-state index in [1.807, 2.05) is 17.8 Å². The first-order chi connectivity index (χ1) is 8.70. The number of esters is 1. The number of aliphatic hydroxyl groups is 1. The second-order valence-corrected chi connectivity index (χ2v) is 5.08. The predicted molar refractivity (Wildman–Crippen MR) is 69.8 cm³/mol. The Morgan fingerprint density at radius 2 is 2.33 bits per heavy atom. The van der Waals surface area contributed by atoms with Crippen molar-refractivity contribution in [3.8, 4) is 5.75 Å². The number of thioether (sulfide) groups is 1. The standard InChI is InChI=1S/C13H16O4S/c1-2-16-13(15)12(14)9-4-3-5-10(6-9)17-11-7-18-8-11/h3-6,11-12,14H,2,7-8H2,1H3. The number of carbonyl (C=O) groups excluding carboxylic acids is 1. The van der Waals surface area contributed by atoms with Crippen LogP contribution in [0.3, 0.4) is 0 Å². The molecule has 1 aromatic rings. The molecule has 4 nitrogen and oxygen atoms in total. The Morgan fingerprint density at radius 3 is 2.94 bits per heavy atom. The van der Waals surface area contributed by atoms with Crippen molar-refractivity contribution >= 4 is 17.7 Å². The van der Waals surface area contributed by atoms with Crippen LogP contribution >= 0.6 is 11.8 Å². The normalized spacial score (nSPS) is 16.8. The maximum Gasteiger partial charge on any atom is 0.339 e. The molecule has 1 saturated heterocycles. The quantitative estimate of drug-likeness (QED) is 0.825. The largest absolute Gasteiger partial charge is 0.489 e. The van der Waals surface area contributed by atoms with Crippen molar-refractivity contribution < 1.29 is 19.4 Å². The van der Waals surface area contributed by atoms with Crippen LogP contribution in [0.15, 0.2) is 24.3 Å². The van der Waals surface area contributed by atoms with Crippen molar-refractivity contribution in [2.45, 2.75) is 19.1 Å². The van der Waals surface area contributed by atoms with Crippen molar-refractivity contribution in [1.82, 2.24) is 0 Å². The molecule has 0 amide bonds. The summed E-state index contributed by atoms with van der Waals surface area (Å²) in [5.74, 6) is 2.03. The summed E-state index contributed by atoms with van der Waals surface area (Å²) >= 11 is 1.84. The van der Waals surface area contributed by atoms with Gasteiger partial charge in [0.05, 0.1) is 6.61 Å². The molecule has 1 aliphatic rings. The highest BCUT2D eigenvalue weighted by Gasteiger charge is 2.22. The number of carbonyl (C=O) groups is 1. The van der Waals surface area contributed by atoms with Gasteiger partial charge in [0, 0.05) is 11.5 Å². The van der Waals surface area contributed by atoms with Crippen LogP contribution in [-0.4, -0.2) is 35.3 Å². The molecule has 0 radical (unpaired) electrons. The van der Waals surface area contributed by atoms with Gasteiger partial charge in [0.25, 0.3) is 0 Å². The lowest BCUT2D eigenvalue weighted by molar-refractivity contribution is -0.153. The van der Waals surface area contributed by atoms with Gasteiger partial charge in [0.2, 0.25) is 0 Å². The van der Waals surface area contributed by atoms with E-state index in [2.05, 4.69) is 0 Å². The Hall–Kier alpha value is -1.20. The van der Waals surface area contributed by atoms with Crippen LogP contribution in [0.4, 0.5) is 0 Å². The number of hydrogen-bond acceptors (Lipinski definition) is 5. The molecule has 5 heteroatoms. The van der Waals surface area contributed by atoms with E-state index in [-0.39, 0.29) is 12.7 Å². The zero-order valence-corrected chi connectivity index (χ0v) is 11.0. The van der Waals surface area contributed by atoms with E-state index in [9.17, 15) is 9.90 Å². The van der Waals surface area contributed by atoms with Gasteiger partial charge >= 0.3 is 5.97 Å². The lowest BCUT2D eigenvalue weighted by Crippen LogP contribution is -2.31. The molecule has 1 aliphatic heterocycles. The third-order valence-electron chi connectivity index (χ3n) is 2.59. The average Bonchev–Trinajstić information content (AvgIpc) is 2.34. The highest BCUT2D eigenvalue weighted by molar-refractivity contribution is 8.00. The van der Waals surface area contributed by atoms with Crippen molar-refractivity contribution in [3.05, 3.63) is 29.8 Å². The second kappa shape index (κ2) is 6.11. The first-order valence-electron chi connectivity index (χ1n) is 5.89. The van der Waals surface area contributed by atoms with Crippen LogP contribution in [0.2, 0.25) is 0 Å². The maximum atomic E-state index is 11.4. The summed E-state index contributed by atoms with van der Waals surface area (Å²) in [6, 6.07) is 6.96. The molecular weight excluding hydrogens is 252 g/mol. The highest BCUT2D eigenvalue weighted by Crippen LogP contribution is 2.26. The summed E-state index contributed by atoms with van der Waals surface area (Å²) in [4.78, 5) is 11.4. The summed E-state index contributed by atoms with van der Waals surface area (Å²) in [5, 5.41) is 9.82. The van der Waals surface area contributed by atoms with E-state index in [0.717, 1.165) is 11.5 Å². The van der Waals surface area contributed by atoms with Crippen LogP contribution in [0, 0.1) is 0 Å². The zero-order valence-electron chi connectivity index (χ0n) is 10.2. The van der Waals surface area contributed by atoms with Gasteiger partial charge < -0.3 is 14.6 Å². The van der Waals surface area contributed by atoms with E-state index in [0.29, 0.717) is 11.3 Å². The molecule has 0 saturated carbocycles. The van der Waals surface area contributed by atoms with Gasteiger partial charge in [-0.2, -0.15) is 11.8 Å². The van der Waals surface area contributed by atoms with Crippen LogP contribution in [0.25, 0.3) is 0 Å². The zero-order chi connectivity index (χ0) is 13.0. The van der Waals surface area contributed by atoms with Gasteiger partial charge in [-0.25, -0.2) is 4.79 Å². The van der Waals surface area contributed by atoms with E-state index in [4.69, 9.17) is 9.47 Å². The van der Waals surface area contributed by atoms with Crippen LogP contribution in [0.5, 0.6) is 5.75 Å². The molecule has 0 bridgehead atoms. The number of ether oxygens (including phenoxy) is 2. The molecule has 0 aliphatic carbocycles. The van der Waals surface area contributed by atoms with Gasteiger partial charge in [-0.3, -0.25) is 0 Å². The minimum atomic E-state index is -1.25. The summed E-state index contributed by atoms with van der Waals surface area (Å²) in [5.41, 5.74) is 0.498. The molecule has 1 atom stereocenters. The topological polar surface area (TPSA) is 55.8 Å². The minimum absolute atomic E-state index is 0.241. The Bertz CT molecular complexity index is 417. The number of aliphatic hydroxyl groups excluding tert-OH is 1. The molecule has 98 valence electrons. The molecule has 1 unspecified atom stereocenters. The lowest BCUT2D eigenvalue weighted by atomic mass is 10.1. The third kappa shape index (κ3) is 3.17. The Labute approximate surface area is 110 Å². The van der Waals surface area contributed by atoms with Crippen molar-refractivity contribution in [1.29, 1.82) is 0 Å². The maximum absolute atomic E-state index is 11.4. The van der Waals surface area contributed by atoms with Crippen LogP contribution in [0.1, 0.15) is 18.6 Å². The molecule has 2 rings (SSSR count). The molecule has 0 spiro atoms. The summed E-state index contributed by atoms with van der Waals surface area (Å²) in [6.45, 7) is 1.96. The molecule has 0 aromatic heterocycles. The van der Waals surface area contributed by atoms with Gasteiger partial charge in [0.1, 0.15) is 11.9 Å². The summed E-state index contributed by atoms with van der Waals surface area (Å²) in [7, 11) is 0. The fraction of sp³-hybridized carbons (Fsp3) is 0.462. The third-order valence-corrected chi connectivity index (χ3v) is 3.81. The molecule has 1 aromatic carbocycles. The Morgan fingerprint density at radius 1 is 1.56 bits per heavy atom. The van der Waals surface area contributed by atoms with E-state index >= 15 is 0 Å². The lowest BCUT2D eigenvalue weighted by Gasteiger charge is -2.26. The monoisotopic (exact) mass is 268 g/mol. The second-order valence-electron chi connectivity index (χ2n) is 4.00. The number of benzene rings is 1. The van der Waals surface area contributed by atoms with Gasteiger partial charge in [0.15, 0.2) is 6.10 Å². The SMILES string of the molecule is CCOC(=O)C(O)c1cccc(OC2CSC2)c1. The van der Waals surface area contributed by atoms with E-state index < -0.39 is 12.1 Å². The predicted octanol–water partition coefficient (Wildman–Crippen LogP) is 1.78. The summed E-state index contributed by atoms with van der Waals surface area (Å²) in [6.07, 6.45) is -1.01. The minimum Gasteiger partial charge on any atom is -0.489 e. The fourth-order valence-electron chi connectivity index (χ4n) is 1.59. The first kappa shape index (κ1) is 13.2. The molecule has 1 heterocycles. The fourth-order valence-corrected chi connectivity index (χ4v) is 2.15. The Kier molecular flexibility index (Phi) is 4.49. The van der Waals surface area contributed by atoms with Crippen molar-refractivity contribution in [2.24, 2.45) is 0 Å². The van der Waals surface area contributed by atoms with Gasteiger partial charge in [-0.1, -0.05) is 12.1 Å². The molecule has 1 N–H and O–H groups in total. The average molecular weight is 268 g/mol. The van der Waals surface area contributed by atoms with E-state index in [1.54, 1.807) is 25.1 Å². The highest BCUT2D eigenvalue weighted by atomic mass is 32.2. The smallest absolute Gasteiger partial charge is 0.339 e. The Balaban J connectivity index is 2.03. The van der Waals surface area contributed by atoms with Gasteiger partial charge in [-0.05, 0) is 24.6 Å². The van der Waals surface area contributed by atoms with Crippen molar-refractivity contribution in [2.75, 3.05) is 18.1 Å². The molecule has 18 heavy (non-hydrogen) atoms. The van der Waals surface area contributed by atoms with Crippen LogP contribution in [-0.2, 0) is 9.53 Å². The first-order valence-corrected chi connectivity index (χ1v) is 7.05.